The van der Waals surface area contributed by atoms with Gasteiger partial charge in [0.25, 0.3) is 5.91 Å². The highest BCUT2D eigenvalue weighted by molar-refractivity contribution is 8.00. The van der Waals surface area contributed by atoms with Gasteiger partial charge in [-0.15, -0.1) is 23.1 Å². The number of hydrogen-bond donors (Lipinski definition) is 4. The number of thiocarbonyl (C=S) groups is 1. The van der Waals surface area contributed by atoms with Gasteiger partial charge in [0, 0.05) is 22.1 Å². The molecule has 2 aromatic rings. The van der Waals surface area contributed by atoms with E-state index < -0.39 is 28.7 Å². The van der Waals surface area contributed by atoms with Crippen molar-refractivity contribution in [2.75, 3.05) is 5.75 Å². The van der Waals surface area contributed by atoms with E-state index in [1.807, 2.05) is 0 Å². The maximum atomic E-state index is 13.1. The number of thioether (sulfide) groups is 1. The summed E-state index contributed by atoms with van der Waals surface area (Å²) in [6, 6.07) is 0. The fraction of sp³-hybridized carbons (Fsp3) is 0.312. The Hall–Kier alpha value is -2.62. The Morgan fingerprint density at radius 1 is 1.52 bits per heavy atom. The van der Waals surface area contributed by atoms with E-state index >= 15 is 0 Å². The lowest BCUT2D eigenvalue weighted by Gasteiger charge is -2.55. The number of carboxylic acids is 1. The van der Waals surface area contributed by atoms with Crippen LogP contribution >= 0.6 is 46.8 Å². The van der Waals surface area contributed by atoms with Gasteiger partial charge in [-0.25, -0.2) is 9.78 Å². The summed E-state index contributed by atoms with van der Waals surface area (Å²) < 4.78 is 4.66. The second-order valence-corrected chi connectivity index (χ2v) is 9.59. The predicted octanol–water partition coefficient (Wildman–Crippen LogP) is 0.234. The molecule has 0 aromatic carbocycles. The number of carbonyl (C=O) groups is 3. The monoisotopic (exact) mass is 498 g/mol. The lowest BCUT2D eigenvalue weighted by atomic mass is 9.87. The van der Waals surface area contributed by atoms with Crippen LogP contribution in [0.2, 0.25) is 0 Å². The predicted molar refractivity (Wildman–Crippen MR) is 116 cm³/mol. The molecule has 4 heterocycles. The number of aliphatic carboxylic acids is 1. The minimum atomic E-state index is -1.56. The van der Waals surface area contributed by atoms with Crippen molar-refractivity contribution in [2.24, 2.45) is 0 Å². The molecular formula is C16H14N6O5S4. The van der Waals surface area contributed by atoms with E-state index in [2.05, 4.69) is 14.7 Å². The third-order valence-corrected chi connectivity index (χ3v) is 8.12. The number of aryl methyl sites for hydroxylation is 1. The van der Waals surface area contributed by atoms with Gasteiger partial charge >= 0.3 is 5.97 Å². The van der Waals surface area contributed by atoms with Crippen molar-refractivity contribution in [3.05, 3.63) is 32.4 Å². The minimum absolute atomic E-state index is 0.142. The van der Waals surface area contributed by atoms with Crippen LogP contribution in [0.4, 0.5) is 0 Å². The summed E-state index contributed by atoms with van der Waals surface area (Å²) >= 11 is 8.33. The number of thiazole rings is 1. The first-order chi connectivity index (χ1) is 14.7. The smallest absolute Gasteiger partial charge is 0.353 e. The molecule has 11 nitrogen and oxygen atoms in total. The fourth-order valence-electron chi connectivity index (χ4n) is 3.33. The molecule has 0 radical (unpaired) electrons. The standard InChI is InChI=1S/C16H14N6O5S4/c1-6-18-11(31-20-6)8-4-29-14-16(5-28,13(26)21(14)10(8)12(24)25)19-9(23)2-7-3-30-15(17)22(7)27/h3,5,14,17,27H,2,4H2,1H3,(H,19,23)(H,24,25)/t14-,16?/m0/s1. The van der Waals surface area contributed by atoms with Gasteiger partial charge in [-0.2, -0.15) is 9.10 Å². The van der Waals surface area contributed by atoms with Crippen molar-refractivity contribution in [3.63, 3.8) is 0 Å². The molecule has 31 heavy (non-hydrogen) atoms. The maximum Gasteiger partial charge on any atom is 0.353 e. The molecular weight excluding hydrogens is 484 g/mol. The van der Waals surface area contributed by atoms with Crippen molar-refractivity contribution in [3.8, 4) is 0 Å². The molecule has 0 aliphatic carbocycles. The van der Waals surface area contributed by atoms with Crippen LogP contribution in [0.15, 0.2) is 11.1 Å². The summed E-state index contributed by atoms with van der Waals surface area (Å²) in [7, 11) is 0. The molecule has 0 saturated carbocycles. The zero-order chi connectivity index (χ0) is 22.5. The van der Waals surface area contributed by atoms with Crippen LogP contribution in [-0.2, 0) is 20.8 Å². The van der Waals surface area contributed by atoms with Gasteiger partial charge in [0.15, 0.2) is 5.54 Å². The molecule has 4 rings (SSSR count). The molecule has 15 heteroatoms. The number of hydrogen-bond acceptors (Lipinski definition) is 11. The Morgan fingerprint density at radius 2 is 2.26 bits per heavy atom. The highest BCUT2D eigenvalue weighted by Crippen LogP contribution is 2.47. The Labute approximate surface area is 192 Å². The molecule has 1 saturated heterocycles. The number of nitrogens with one attached hydrogen (secondary N) is 2. The number of β-lactam (4-membered cyclic amide) rings is 1. The fourth-order valence-corrected chi connectivity index (χ4v) is 6.59. The van der Waals surface area contributed by atoms with Gasteiger partial charge in [0.05, 0.1) is 12.1 Å². The third-order valence-electron chi connectivity index (χ3n) is 4.74. The highest BCUT2D eigenvalue weighted by Gasteiger charge is 2.64. The normalized spacial score (nSPS) is 22.7. The zero-order valence-corrected chi connectivity index (χ0v) is 19.0. The van der Waals surface area contributed by atoms with E-state index in [0.29, 0.717) is 21.1 Å². The van der Waals surface area contributed by atoms with Gasteiger partial charge in [-0.05, 0) is 18.5 Å². The molecule has 4 N–H and O–H groups in total. The Morgan fingerprint density at radius 3 is 2.81 bits per heavy atom. The van der Waals surface area contributed by atoms with Crippen LogP contribution in [0, 0.1) is 12.3 Å². The first-order valence-electron chi connectivity index (χ1n) is 8.62. The summed E-state index contributed by atoms with van der Waals surface area (Å²) in [5.74, 6) is -1.79. The second-order valence-electron chi connectivity index (χ2n) is 6.67. The number of rotatable bonds is 6. The molecule has 2 aliphatic rings. The number of amides is 2. The Balaban J connectivity index is 1.62. The lowest BCUT2D eigenvalue weighted by molar-refractivity contribution is -0.153. The van der Waals surface area contributed by atoms with Gasteiger partial charge in [0.1, 0.15) is 21.9 Å². The third kappa shape index (κ3) is 3.37. The van der Waals surface area contributed by atoms with E-state index in [0.717, 1.165) is 33.1 Å². The summed E-state index contributed by atoms with van der Waals surface area (Å²) in [5.41, 5.74) is -1.18. The SMILES string of the molecule is Cc1nsc(C2=C(C(=O)O)N3C(=O)C(C=S)(NC(=O)Cc4csc(=N)n4O)[C@@H]3SC2)n1. The molecule has 1 fully saturated rings. The maximum absolute atomic E-state index is 13.1. The highest BCUT2D eigenvalue weighted by atomic mass is 32.2. The topological polar surface area (TPSA) is 162 Å². The molecule has 1 unspecified atom stereocenters. The number of fused-ring (bicyclic) bond motifs is 1. The lowest BCUT2D eigenvalue weighted by Crippen LogP contribution is -2.80. The van der Waals surface area contributed by atoms with Crippen LogP contribution in [0.25, 0.3) is 5.57 Å². The number of nitrogens with zero attached hydrogens (tertiary/aromatic N) is 4. The summed E-state index contributed by atoms with van der Waals surface area (Å²) in [4.78, 5) is 42.9. The van der Waals surface area contributed by atoms with Crippen molar-refractivity contribution in [1.82, 2.24) is 24.3 Å². The van der Waals surface area contributed by atoms with Crippen molar-refractivity contribution in [1.29, 1.82) is 5.41 Å². The van der Waals surface area contributed by atoms with Crippen LogP contribution in [0.5, 0.6) is 0 Å². The molecule has 162 valence electrons. The summed E-state index contributed by atoms with van der Waals surface area (Å²) in [5, 5.41) is 31.9. The first kappa shape index (κ1) is 21.6. The molecule has 2 aliphatic heterocycles. The van der Waals surface area contributed by atoms with Gasteiger partial charge in [-0.1, -0.05) is 12.2 Å². The molecule has 2 atom stereocenters. The van der Waals surface area contributed by atoms with Crippen LogP contribution < -0.4 is 10.1 Å². The minimum Gasteiger partial charge on any atom is -0.477 e. The average Bonchev–Trinajstić information content (AvgIpc) is 3.31. The first-order valence-corrected chi connectivity index (χ1v) is 11.8. The van der Waals surface area contributed by atoms with E-state index in [-0.39, 0.29) is 28.4 Å². The van der Waals surface area contributed by atoms with E-state index in [1.54, 1.807) is 6.92 Å². The van der Waals surface area contributed by atoms with Gasteiger partial charge in [-0.3, -0.25) is 19.9 Å². The van der Waals surface area contributed by atoms with E-state index in [4.69, 9.17) is 17.6 Å². The average molecular weight is 499 g/mol. The second kappa shape index (κ2) is 7.81. The van der Waals surface area contributed by atoms with E-state index in [9.17, 15) is 24.7 Å². The number of carboxylic acid groups (broad SMARTS) is 1. The van der Waals surface area contributed by atoms with Crippen LogP contribution in [0.3, 0.4) is 0 Å². The van der Waals surface area contributed by atoms with Gasteiger partial charge < -0.3 is 15.6 Å². The Kier molecular flexibility index (Phi) is 5.45. The van der Waals surface area contributed by atoms with Crippen LogP contribution in [0.1, 0.15) is 16.5 Å². The van der Waals surface area contributed by atoms with Crippen molar-refractivity contribution >= 4 is 75.6 Å². The largest absolute Gasteiger partial charge is 0.477 e. The summed E-state index contributed by atoms with van der Waals surface area (Å²) in [6.07, 6.45) is -0.279. The Bertz CT molecular complexity index is 1220. The number of aromatic nitrogens is 3. The van der Waals surface area contributed by atoms with Crippen LogP contribution in [-0.4, -0.2) is 69.1 Å². The molecule has 2 amide bonds. The quantitative estimate of drug-likeness (QED) is 0.248. The number of carbonyl (C=O) groups excluding carboxylic acids is 2. The van der Waals surface area contributed by atoms with Gasteiger partial charge in [0.2, 0.25) is 10.7 Å². The van der Waals surface area contributed by atoms with Crippen molar-refractivity contribution in [2.45, 2.75) is 24.3 Å². The molecule has 0 spiro atoms. The zero-order valence-electron chi connectivity index (χ0n) is 15.7. The molecule has 2 aromatic heterocycles. The summed E-state index contributed by atoms with van der Waals surface area (Å²) in [6.45, 7) is 1.69. The molecule has 0 bridgehead atoms. The van der Waals surface area contributed by atoms with Crippen molar-refractivity contribution < 1.29 is 24.7 Å². The van der Waals surface area contributed by atoms with E-state index in [1.165, 1.54) is 17.1 Å².